The van der Waals surface area contributed by atoms with Gasteiger partial charge in [0.15, 0.2) is 0 Å². The normalized spacial score (nSPS) is 37.1. The van der Waals surface area contributed by atoms with Gasteiger partial charge in [0, 0.05) is 25.2 Å². The molecule has 0 aromatic carbocycles. The number of rotatable bonds is 3. The maximum Gasteiger partial charge on any atom is 0.0621 e. The van der Waals surface area contributed by atoms with Crippen molar-refractivity contribution in [2.24, 2.45) is 17.6 Å². The van der Waals surface area contributed by atoms with E-state index in [9.17, 15) is 0 Å². The molecule has 1 aliphatic carbocycles. The summed E-state index contributed by atoms with van der Waals surface area (Å²) in [5.74, 6) is 1.84. The minimum absolute atomic E-state index is 0.0822. The van der Waals surface area contributed by atoms with E-state index in [2.05, 4.69) is 4.90 Å². The van der Waals surface area contributed by atoms with E-state index in [1.807, 2.05) is 6.92 Å². The molecule has 3 heteroatoms. The minimum atomic E-state index is -0.418. The van der Waals surface area contributed by atoms with Crippen molar-refractivity contribution in [2.75, 3.05) is 26.2 Å². The standard InChI is InChI=1S/C11H22N2O/c1-11(12,8-14)7-13-5-9-3-2-4-10(9)6-13/h9-10,14H,2-8,12H2,1H3. The minimum Gasteiger partial charge on any atom is -0.394 e. The number of nitrogens with two attached hydrogens (primary N) is 1. The summed E-state index contributed by atoms with van der Waals surface area (Å²) in [7, 11) is 0. The van der Waals surface area contributed by atoms with E-state index in [0.717, 1.165) is 18.4 Å². The fraction of sp³-hybridized carbons (Fsp3) is 1.00. The third-order valence-corrected chi connectivity index (χ3v) is 3.75. The molecule has 0 aromatic heterocycles. The molecule has 0 radical (unpaired) electrons. The van der Waals surface area contributed by atoms with E-state index in [1.54, 1.807) is 0 Å². The van der Waals surface area contributed by atoms with Gasteiger partial charge in [-0.1, -0.05) is 6.42 Å². The number of fused-ring (bicyclic) bond motifs is 1. The molecular formula is C11H22N2O. The van der Waals surface area contributed by atoms with Gasteiger partial charge in [-0.05, 0) is 31.6 Å². The fourth-order valence-corrected chi connectivity index (χ4v) is 3.02. The Hall–Kier alpha value is -0.120. The molecule has 1 aliphatic heterocycles. The highest BCUT2D eigenvalue weighted by atomic mass is 16.3. The molecule has 3 N–H and O–H groups in total. The van der Waals surface area contributed by atoms with Crippen LogP contribution in [0, 0.1) is 11.8 Å². The first-order valence-electron chi connectivity index (χ1n) is 5.73. The Kier molecular flexibility index (Phi) is 2.82. The summed E-state index contributed by atoms with van der Waals surface area (Å²) in [6.45, 7) is 5.27. The Balaban J connectivity index is 1.84. The third kappa shape index (κ3) is 2.10. The summed E-state index contributed by atoms with van der Waals surface area (Å²) in [5.41, 5.74) is 5.54. The summed E-state index contributed by atoms with van der Waals surface area (Å²) < 4.78 is 0. The Morgan fingerprint density at radius 3 is 2.43 bits per heavy atom. The average Bonchev–Trinajstić information content (AvgIpc) is 2.63. The van der Waals surface area contributed by atoms with Crippen LogP contribution < -0.4 is 5.73 Å². The summed E-state index contributed by atoms with van der Waals surface area (Å²) in [5, 5.41) is 9.11. The molecule has 14 heavy (non-hydrogen) atoms. The van der Waals surface area contributed by atoms with Crippen LogP contribution in [0.3, 0.4) is 0 Å². The number of aliphatic hydroxyl groups excluding tert-OH is 1. The zero-order valence-corrected chi connectivity index (χ0v) is 9.08. The molecule has 0 amide bonds. The predicted octanol–water partition coefficient (Wildman–Crippen LogP) is 0.428. The van der Waals surface area contributed by atoms with Crippen molar-refractivity contribution >= 4 is 0 Å². The lowest BCUT2D eigenvalue weighted by Gasteiger charge is -2.28. The van der Waals surface area contributed by atoms with Crippen LogP contribution in [0.5, 0.6) is 0 Å². The smallest absolute Gasteiger partial charge is 0.0621 e. The number of hydrogen-bond donors (Lipinski definition) is 2. The first-order chi connectivity index (χ1) is 6.61. The first-order valence-corrected chi connectivity index (χ1v) is 5.73. The molecular weight excluding hydrogens is 176 g/mol. The second-order valence-corrected chi connectivity index (χ2v) is 5.46. The molecule has 1 saturated heterocycles. The largest absolute Gasteiger partial charge is 0.394 e. The van der Waals surface area contributed by atoms with Gasteiger partial charge in [-0.2, -0.15) is 0 Å². The van der Waals surface area contributed by atoms with E-state index in [4.69, 9.17) is 10.8 Å². The molecule has 82 valence electrons. The van der Waals surface area contributed by atoms with Crippen LogP contribution in [0.15, 0.2) is 0 Å². The zero-order valence-electron chi connectivity index (χ0n) is 9.08. The lowest BCUT2D eigenvalue weighted by Crippen LogP contribution is -2.50. The Bertz CT molecular complexity index is 193. The maximum atomic E-state index is 9.11. The number of nitrogens with zero attached hydrogens (tertiary/aromatic N) is 1. The van der Waals surface area contributed by atoms with Gasteiger partial charge in [0.05, 0.1) is 6.61 Å². The van der Waals surface area contributed by atoms with Crippen LogP contribution >= 0.6 is 0 Å². The van der Waals surface area contributed by atoms with Gasteiger partial charge in [-0.15, -0.1) is 0 Å². The van der Waals surface area contributed by atoms with Crippen LogP contribution in [0.25, 0.3) is 0 Å². The highest BCUT2D eigenvalue weighted by molar-refractivity contribution is 4.92. The summed E-state index contributed by atoms with van der Waals surface area (Å²) in [6, 6.07) is 0. The number of hydrogen-bond acceptors (Lipinski definition) is 3. The molecule has 3 atom stereocenters. The molecule has 0 spiro atoms. The van der Waals surface area contributed by atoms with E-state index in [-0.39, 0.29) is 6.61 Å². The van der Waals surface area contributed by atoms with Crippen molar-refractivity contribution in [1.82, 2.24) is 4.90 Å². The van der Waals surface area contributed by atoms with Crippen LogP contribution in [0.4, 0.5) is 0 Å². The molecule has 2 fully saturated rings. The van der Waals surface area contributed by atoms with E-state index in [0.29, 0.717) is 0 Å². The van der Waals surface area contributed by atoms with Gasteiger partial charge >= 0.3 is 0 Å². The maximum absolute atomic E-state index is 9.11. The quantitative estimate of drug-likeness (QED) is 0.691. The lowest BCUT2D eigenvalue weighted by atomic mass is 10.0. The molecule has 2 aliphatic rings. The van der Waals surface area contributed by atoms with Crippen molar-refractivity contribution in [3.8, 4) is 0 Å². The van der Waals surface area contributed by atoms with Crippen molar-refractivity contribution in [1.29, 1.82) is 0 Å². The van der Waals surface area contributed by atoms with Crippen LogP contribution in [-0.2, 0) is 0 Å². The highest BCUT2D eigenvalue weighted by Gasteiger charge is 2.37. The molecule has 1 heterocycles. The van der Waals surface area contributed by atoms with E-state index >= 15 is 0 Å². The molecule has 3 unspecified atom stereocenters. The first kappa shape index (κ1) is 10.4. The molecule has 1 saturated carbocycles. The Labute approximate surface area is 86.3 Å². The van der Waals surface area contributed by atoms with Crippen molar-refractivity contribution < 1.29 is 5.11 Å². The van der Waals surface area contributed by atoms with Crippen LogP contribution in [0.1, 0.15) is 26.2 Å². The van der Waals surface area contributed by atoms with E-state index in [1.165, 1.54) is 32.4 Å². The lowest BCUT2D eigenvalue weighted by molar-refractivity contribution is 0.157. The predicted molar refractivity (Wildman–Crippen MR) is 56.9 cm³/mol. The third-order valence-electron chi connectivity index (χ3n) is 3.75. The second-order valence-electron chi connectivity index (χ2n) is 5.46. The monoisotopic (exact) mass is 198 g/mol. The van der Waals surface area contributed by atoms with Gasteiger partial charge in [0.2, 0.25) is 0 Å². The van der Waals surface area contributed by atoms with Gasteiger partial charge in [-0.25, -0.2) is 0 Å². The van der Waals surface area contributed by atoms with Gasteiger partial charge in [-0.3, -0.25) is 0 Å². The summed E-state index contributed by atoms with van der Waals surface area (Å²) >= 11 is 0. The van der Waals surface area contributed by atoms with Gasteiger partial charge < -0.3 is 15.7 Å². The summed E-state index contributed by atoms with van der Waals surface area (Å²) in [6.07, 6.45) is 4.23. The topological polar surface area (TPSA) is 49.5 Å². The second kappa shape index (κ2) is 3.80. The Morgan fingerprint density at radius 2 is 1.93 bits per heavy atom. The highest BCUT2D eigenvalue weighted by Crippen LogP contribution is 2.37. The van der Waals surface area contributed by atoms with Crippen LogP contribution in [-0.4, -0.2) is 41.8 Å². The van der Waals surface area contributed by atoms with Crippen molar-refractivity contribution in [3.05, 3.63) is 0 Å². The SMILES string of the molecule is CC(N)(CO)CN1CC2CCCC2C1. The number of aliphatic hydroxyl groups is 1. The fourth-order valence-electron chi connectivity index (χ4n) is 3.02. The van der Waals surface area contributed by atoms with Crippen molar-refractivity contribution in [2.45, 2.75) is 31.7 Å². The average molecular weight is 198 g/mol. The van der Waals surface area contributed by atoms with Crippen molar-refractivity contribution in [3.63, 3.8) is 0 Å². The molecule has 2 rings (SSSR count). The zero-order chi connectivity index (χ0) is 10.2. The molecule has 3 nitrogen and oxygen atoms in total. The Morgan fingerprint density at radius 1 is 1.36 bits per heavy atom. The number of likely N-dealkylation sites (tertiary alicyclic amines) is 1. The summed E-state index contributed by atoms with van der Waals surface area (Å²) in [4.78, 5) is 2.44. The van der Waals surface area contributed by atoms with Gasteiger partial charge in [0.1, 0.15) is 0 Å². The van der Waals surface area contributed by atoms with E-state index < -0.39 is 5.54 Å². The molecule has 0 aromatic rings. The van der Waals surface area contributed by atoms with Crippen LogP contribution in [0.2, 0.25) is 0 Å². The molecule has 0 bridgehead atoms. The van der Waals surface area contributed by atoms with Gasteiger partial charge in [0.25, 0.3) is 0 Å².